The van der Waals surface area contributed by atoms with Crippen LogP contribution in [-0.2, 0) is 0 Å². The first-order valence-corrected chi connectivity index (χ1v) is 8.50. The summed E-state index contributed by atoms with van der Waals surface area (Å²) in [6.07, 6.45) is 1.51. The van der Waals surface area contributed by atoms with Crippen molar-refractivity contribution in [3.8, 4) is 6.07 Å². The predicted octanol–water partition coefficient (Wildman–Crippen LogP) is 3.85. The number of nitriles is 1. The van der Waals surface area contributed by atoms with E-state index in [1.165, 1.54) is 18.3 Å². The van der Waals surface area contributed by atoms with E-state index in [0.717, 1.165) is 6.07 Å². The van der Waals surface area contributed by atoms with Gasteiger partial charge in [0.05, 0.1) is 17.3 Å². The Morgan fingerprint density at radius 2 is 1.56 bits per heavy atom. The van der Waals surface area contributed by atoms with Crippen molar-refractivity contribution in [1.29, 1.82) is 5.26 Å². The molecular formula is C20H15F3N4. The highest BCUT2D eigenvalue weighted by atomic mass is 19.1. The molecule has 0 aliphatic carbocycles. The molecular weight excluding hydrogens is 353 g/mol. The maximum atomic E-state index is 14.2. The number of piperazine rings is 1. The van der Waals surface area contributed by atoms with Crippen molar-refractivity contribution >= 4 is 22.3 Å². The fourth-order valence-electron chi connectivity index (χ4n) is 3.46. The summed E-state index contributed by atoms with van der Waals surface area (Å²) < 4.78 is 41.9. The monoisotopic (exact) mass is 368 g/mol. The number of fused-ring (bicyclic) bond motifs is 1. The Bertz CT molecular complexity index is 1050. The molecule has 136 valence electrons. The van der Waals surface area contributed by atoms with Crippen molar-refractivity contribution in [3.63, 3.8) is 0 Å². The SMILES string of the molecule is N#Cc1ccc(N2CCN(c3ccnc4c(F)cc(F)cc34)CC2)c(F)c1. The molecule has 1 aliphatic rings. The molecule has 2 aromatic carbocycles. The van der Waals surface area contributed by atoms with Crippen molar-refractivity contribution in [2.75, 3.05) is 36.0 Å². The van der Waals surface area contributed by atoms with Crippen LogP contribution in [-0.4, -0.2) is 31.2 Å². The van der Waals surface area contributed by atoms with Gasteiger partial charge >= 0.3 is 0 Å². The lowest BCUT2D eigenvalue weighted by atomic mass is 10.1. The van der Waals surface area contributed by atoms with Gasteiger partial charge in [0.25, 0.3) is 0 Å². The van der Waals surface area contributed by atoms with E-state index in [1.807, 2.05) is 15.9 Å². The molecule has 1 saturated heterocycles. The van der Waals surface area contributed by atoms with Crippen molar-refractivity contribution in [1.82, 2.24) is 4.98 Å². The number of hydrogen-bond acceptors (Lipinski definition) is 4. The zero-order valence-corrected chi connectivity index (χ0v) is 14.3. The van der Waals surface area contributed by atoms with Crippen molar-refractivity contribution < 1.29 is 13.2 Å². The largest absolute Gasteiger partial charge is 0.367 e. The van der Waals surface area contributed by atoms with Gasteiger partial charge in [-0.3, -0.25) is 4.98 Å². The maximum Gasteiger partial charge on any atom is 0.152 e. The van der Waals surface area contributed by atoms with E-state index in [4.69, 9.17) is 5.26 Å². The van der Waals surface area contributed by atoms with Gasteiger partial charge in [-0.05, 0) is 30.3 Å². The number of anilines is 2. The third-order valence-electron chi connectivity index (χ3n) is 4.78. The average molecular weight is 368 g/mol. The quantitative estimate of drug-likeness (QED) is 0.689. The number of halogens is 3. The van der Waals surface area contributed by atoms with Crippen molar-refractivity contribution in [3.05, 3.63) is 65.6 Å². The lowest BCUT2D eigenvalue weighted by Crippen LogP contribution is -2.47. The summed E-state index contributed by atoms with van der Waals surface area (Å²) in [5, 5.41) is 9.28. The van der Waals surface area contributed by atoms with Gasteiger partial charge in [0, 0.05) is 49.5 Å². The molecule has 1 aliphatic heterocycles. The highest BCUT2D eigenvalue weighted by Gasteiger charge is 2.22. The summed E-state index contributed by atoms with van der Waals surface area (Å²) in [6.45, 7) is 2.22. The second-order valence-corrected chi connectivity index (χ2v) is 6.37. The van der Waals surface area contributed by atoms with Gasteiger partial charge < -0.3 is 9.80 Å². The Hall–Kier alpha value is -3.27. The Morgan fingerprint density at radius 3 is 2.22 bits per heavy atom. The summed E-state index contributed by atoms with van der Waals surface area (Å²) in [7, 11) is 0. The minimum Gasteiger partial charge on any atom is -0.367 e. The summed E-state index contributed by atoms with van der Waals surface area (Å²) in [6, 6.07) is 10.2. The van der Waals surface area contributed by atoms with E-state index < -0.39 is 17.5 Å². The summed E-state index contributed by atoms with van der Waals surface area (Å²) >= 11 is 0. The lowest BCUT2D eigenvalue weighted by Gasteiger charge is -2.37. The third kappa shape index (κ3) is 3.14. The van der Waals surface area contributed by atoms with E-state index in [1.54, 1.807) is 18.2 Å². The molecule has 0 saturated carbocycles. The van der Waals surface area contributed by atoms with E-state index in [9.17, 15) is 13.2 Å². The molecule has 1 fully saturated rings. The molecule has 0 spiro atoms. The minimum absolute atomic E-state index is 0.134. The summed E-state index contributed by atoms with van der Waals surface area (Å²) in [5.41, 5.74) is 1.57. The second kappa shape index (κ2) is 6.80. The van der Waals surface area contributed by atoms with Crippen LogP contribution in [0.15, 0.2) is 42.6 Å². The van der Waals surface area contributed by atoms with Crippen LogP contribution in [0.2, 0.25) is 0 Å². The molecule has 3 aromatic rings. The van der Waals surface area contributed by atoms with Gasteiger partial charge in [0.2, 0.25) is 0 Å². The van der Waals surface area contributed by atoms with Crippen LogP contribution >= 0.6 is 0 Å². The maximum absolute atomic E-state index is 14.2. The smallest absolute Gasteiger partial charge is 0.152 e. The fraction of sp³-hybridized carbons (Fsp3) is 0.200. The van der Waals surface area contributed by atoms with Crippen LogP contribution in [0, 0.1) is 28.8 Å². The first kappa shape index (κ1) is 17.2. The Kier molecular flexibility index (Phi) is 4.32. The molecule has 0 bridgehead atoms. The summed E-state index contributed by atoms with van der Waals surface area (Å²) in [5.74, 6) is -1.77. The number of nitrogens with zero attached hydrogens (tertiary/aromatic N) is 4. The van der Waals surface area contributed by atoms with Crippen molar-refractivity contribution in [2.24, 2.45) is 0 Å². The van der Waals surface area contributed by atoms with Crippen molar-refractivity contribution in [2.45, 2.75) is 0 Å². The number of hydrogen-bond donors (Lipinski definition) is 0. The van der Waals surface area contributed by atoms with E-state index >= 15 is 0 Å². The second-order valence-electron chi connectivity index (χ2n) is 6.37. The fourth-order valence-corrected chi connectivity index (χ4v) is 3.46. The Balaban J connectivity index is 1.58. The zero-order chi connectivity index (χ0) is 19.0. The van der Waals surface area contributed by atoms with E-state index in [-0.39, 0.29) is 11.1 Å². The molecule has 4 nitrogen and oxygen atoms in total. The molecule has 27 heavy (non-hydrogen) atoms. The third-order valence-corrected chi connectivity index (χ3v) is 4.78. The standard InChI is InChI=1S/C20H15F3N4/c21-14-10-15-18(3-4-25-20(15)17(23)11-14)26-5-7-27(8-6-26)19-2-1-13(12-24)9-16(19)22/h1-4,9-11H,5-8H2. The Morgan fingerprint density at radius 1 is 0.852 bits per heavy atom. The average Bonchev–Trinajstić information content (AvgIpc) is 2.67. The van der Waals surface area contributed by atoms with Gasteiger partial charge in [-0.2, -0.15) is 5.26 Å². The molecule has 0 atom stereocenters. The van der Waals surface area contributed by atoms with Crippen LogP contribution in [0.4, 0.5) is 24.5 Å². The highest BCUT2D eigenvalue weighted by molar-refractivity contribution is 5.92. The van der Waals surface area contributed by atoms with Crippen LogP contribution in [0.3, 0.4) is 0 Å². The molecule has 2 heterocycles. The molecule has 4 rings (SSSR count). The summed E-state index contributed by atoms with van der Waals surface area (Å²) in [4.78, 5) is 7.93. The zero-order valence-electron chi connectivity index (χ0n) is 14.3. The molecule has 7 heteroatoms. The molecule has 1 aromatic heterocycles. The van der Waals surface area contributed by atoms with Gasteiger partial charge in [0.15, 0.2) is 5.82 Å². The van der Waals surface area contributed by atoms with E-state index in [2.05, 4.69) is 4.98 Å². The van der Waals surface area contributed by atoms with Crippen LogP contribution in [0.25, 0.3) is 10.9 Å². The van der Waals surface area contributed by atoms with Crippen LogP contribution in [0.1, 0.15) is 5.56 Å². The van der Waals surface area contributed by atoms with Crippen LogP contribution in [0.5, 0.6) is 0 Å². The number of benzene rings is 2. The van der Waals surface area contributed by atoms with Crippen LogP contribution < -0.4 is 9.80 Å². The van der Waals surface area contributed by atoms with Gasteiger partial charge in [-0.1, -0.05) is 0 Å². The predicted molar refractivity (Wildman–Crippen MR) is 97.2 cm³/mol. The van der Waals surface area contributed by atoms with Gasteiger partial charge in [0.1, 0.15) is 17.2 Å². The Labute approximate surface area is 154 Å². The molecule has 0 unspecified atom stereocenters. The first-order valence-electron chi connectivity index (χ1n) is 8.50. The molecule has 0 N–H and O–H groups in total. The van der Waals surface area contributed by atoms with Gasteiger partial charge in [-0.25, -0.2) is 13.2 Å². The number of aromatic nitrogens is 1. The normalized spacial score (nSPS) is 14.4. The minimum atomic E-state index is -0.690. The number of pyridine rings is 1. The highest BCUT2D eigenvalue weighted by Crippen LogP contribution is 2.30. The van der Waals surface area contributed by atoms with Gasteiger partial charge in [-0.15, -0.1) is 0 Å². The van der Waals surface area contributed by atoms with E-state index in [0.29, 0.717) is 42.9 Å². The number of rotatable bonds is 2. The first-order chi connectivity index (χ1) is 13.1. The topological polar surface area (TPSA) is 43.2 Å². The lowest BCUT2D eigenvalue weighted by molar-refractivity contribution is 0.589. The molecule has 0 radical (unpaired) electrons. The molecule has 0 amide bonds.